The number of hydrogen-bond donors (Lipinski definition) is 2. The van der Waals surface area contributed by atoms with Crippen LogP contribution in [0.15, 0.2) is 24.3 Å². The zero-order chi connectivity index (χ0) is 12.5. The van der Waals surface area contributed by atoms with Gasteiger partial charge in [-0.05, 0) is 17.7 Å². The smallest absolute Gasteiger partial charge is 0.236 e. The number of aromatic nitrogens is 4. The molecule has 2 aromatic heterocycles. The molecule has 6 nitrogen and oxygen atoms in total. The van der Waals surface area contributed by atoms with Gasteiger partial charge in [0.1, 0.15) is 0 Å². The van der Waals surface area contributed by atoms with E-state index in [1.807, 2.05) is 24.3 Å². The average molecular weight is 281 g/mol. The first kappa shape index (κ1) is 11.4. The Hall–Kier alpha value is -1.70. The molecule has 0 spiro atoms. The molecule has 3 N–H and O–H groups in total. The number of hydrogen-bond acceptors (Lipinski definition) is 6. The van der Waals surface area contributed by atoms with Gasteiger partial charge in [0, 0.05) is 11.4 Å². The molecule has 0 aliphatic rings. The molecule has 0 aliphatic heterocycles. The van der Waals surface area contributed by atoms with Gasteiger partial charge in [0.05, 0.1) is 0 Å². The maximum atomic E-state index is 5.84. The number of halogens is 1. The maximum absolute atomic E-state index is 5.84. The number of fused-ring (bicyclic) bond motifs is 1. The normalized spacial score (nSPS) is 11.0. The van der Waals surface area contributed by atoms with Crippen molar-refractivity contribution in [1.82, 2.24) is 19.8 Å². The topological polar surface area (TPSA) is 81.1 Å². The molecule has 0 unspecified atom stereocenters. The summed E-state index contributed by atoms with van der Waals surface area (Å²) in [5, 5.41) is 13.7. The van der Waals surface area contributed by atoms with Gasteiger partial charge in [-0.1, -0.05) is 35.1 Å². The Balaban J connectivity index is 1.94. The summed E-state index contributed by atoms with van der Waals surface area (Å²) in [6, 6.07) is 7.61. The van der Waals surface area contributed by atoms with Crippen molar-refractivity contribution in [3.05, 3.63) is 40.7 Å². The third-order valence-corrected chi connectivity index (χ3v) is 3.54. The summed E-state index contributed by atoms with van der Waals surface area (Å²) in [6.07, 6.45) is 0.645. The third kappa shape index (κ3) is 2.03. The molecule has 3 rings (SSSR count). The Morgan fingerprint density at radius 2 is 2.06 bits per heavy atom. The molecule has 8 heteroatoms. The van der Waals surface area contributed by atoms with Gasteiger partial charge in [0.15, 0.2) is 5.82 Å². The molecule has 0 saturated carbocycles. The first-order chi connectivity index (χ1) is 8.76. The fourth-order valence-electron chi connectivity index (χ4n) is 1.61. The predicted octanol–water partition coefficient (Wildman–Crippen LogP) is 1.72. The molecule has 2 heterocycles. The van der Waals surface area contributed by atoms with Gasteiger partial charge in [-0.25, -0.2) is 5.84 Å². The van der Waals surface area contributed by atoms with Crippen LogP contribution in [0.2, 0.25) is 5.02 Å². The van der Waals surface area contributed by atoms with Gasteiger partial charge in [0.25, 0.3) is 0 Å². The van der Waals surface area contributed by atoms with E-state index >= 15 is 0 Å². The van der Waals surface area contributed by atoms with E-state index in [0.717, 1.165) is 11.4 Å². The van der Waals surface area contributed by atoms with E-state index in [0.29, 0.717) is 21.5 Å². The fourth-order valence-corrected chi connectivity index (χ4v) is 2.41. The van der Waals surface area contributed by atoms with Crippen LogP contribution in [-0.4, -0.2) is 19.8 Å². The molecular weight excluding hydrogens is 272 g/mol. The van der Waals surface area contributed by atoms with Crippen molar-refractivity contribution in [3.8, 4) is 0 Å². The third-order valence-electron chi connectivity index (χ3n) is 2.45. The van der Waals surface area contributed by atoms with Crippen LogP contribution in [-0.2, 0) is 6.42 Å². The van der Waals surface area contributed by atoms with E-state index < -0.39 is 0 Å². The van der Waals surface area contributed by atoms with Gasteiger partial charge in [-0.15, -0.1) is 15.3 Å². The lowest BCUT2D eigenvalue weighted by molar-refractivity contribution is 0.852. The lowest BCUT2D eigenvalue weighted by Gasteiger charge is -1.98. The number of nitrogen functional groups attached to an aromatic ring is 1. The van der Waals surface area contributed by atoms with Crippen LogP contribution in [0.4, 0.5) is 5.13 Å². The zero-order valence-electron chi connectivity index (χ0n) is 9.17. The Morgan fingerprint density at radius 3 is 2.78 bits per heavy atom. The molecule has 0 radical (unpaired) electrons. The number of anilines is 1. The standard InChI is InChI=1S/C10H9ClN6S/c11-7-3-1-6(2-4-7)5-8-14-15-10-17(8)16-9(13-12)18-10/h1-4H,5,12H2,(H,13,16). The van der Waals surface area contributed by atoms with E-state index in [9.17, 15) is 0 Å². The van der Waals surface area contributed by atoms with E-state index in [1.54, 1.807) is 4.52 Å². The summed E-state index contributed by atoms with van der Waals surface area (Å²) in [6.45, 7) is 0. The lowest BCUT2D eigenvalue weighted by Crippen LogP contribution is -2.07. The molecular formula is C10H9ClN6S. The van der Waals surface area contributed by atoms with Crippen molar-refractivity contribution in [1.29, 1.82) is 0 Å². The summed E-state index contributed by atoms with van der Waals surface area (Å²) in [5.74, 6) is 6.08. The van der Waals surface area contributed by atoms with Gasteiger partial charge in [-0.2, -0.15) is 4.52 Å². The van der Waals surface area contributed by atoms with Crippen LogP contribution in [0.3, 0.4) is 0 Å². The molecule has 0 aliphatic carbocycles. The second kappa shape index (κ2) is 4.52. The monoisotopic (exact) mass is 280 g/mol. The molecule has 0 amide bonds. The number of rotatable bonds is 3. The number of nitrogens with zero attached hydrogens (tertiary/aromatic N) is 4. The van der Waals surface area contributed by atoms with Crippen LogP contribution in [0.1, 0.15) is 11.4 Å². The highest BCUT2D eigenvalue weighted by molar-refractivity contribution is 7.20. The van der Waals surface area contributed by atoms with E-state index in [1.165, 1.54) is 11.3 Å². The molecule has 0 atom stereocenters. The number of nitrogens with two attached hydrogens (primary N) is 1. The van der Waals surface area contributed by atoms with Crippen molar-refractivity contribution in [2.24, 2.45) is 5.84 Å². The predicted molar refractivity (Wildman–Crippen MR) is 70.7 cm³/mol. The highest BCUT2D eigenvalue weighted by Crippen LogP contribution is 2.19. The summed E-state index contributed by atoms with van der Waals surface area (Å²) in [7, 11) is 0. The van der Waals surface area contributed by atoms with Crippen LogP contribution in [0.25, 0.3) is 4.96 Å². The highest BCUT2D eigenvalue weighted by Gasteiger charge is 2.11. The Kier molecular flexibility index (Phi) is 2.86. The quantitative estimate of drug-likeness (QED) is 0.564. The van der Waals surface area contributed by atoms with E-state index in [4.69, 9.17) is 17.4 Å². The second-order valence-electron chi connectivity index (χ2n) is 3.67. The minimum Gasteiger partial charge on any atom is -0.298 e. The molecule has 1 aromatic carbocycles. The van der Waals surface area contributed by atoms with Crippen molar-refractivity contribution >= 4 is 33.0 Å². The maximum Gasteiger partial charge on any atom is 0.236 e. The lowest BCUT2D eigenvalue weighted by atomic mass is 10.1. The minimum absolute atomic E-state index is 0.609. The molecule has 0 saturated heterocycles. The molecule has 0 fully saturated rings. The molecule has 3 aromatic rings. The summed E-state index contributed by atoms with van der Waals surface area (Å²) >= 11 is 7.20. The number of nitrogens with one attached hydrogen (secondary N) is 1. The van der Waals surface area contributed by atoms with Crippen molar-refractivity contribution in [3.63, 3.8) is 0 Å². The Bertz CT molecular complexity index is 673. The van der Waals surface area contributed by atoms with Gasteiger partial charge in [-0.3, -0.25) is 5.43 Å². The summed E-state index contributed by atoms with van der Waals surface area (Å²) in [5.41, 5.74) is 3.60. The average Bonchev–Trinajstić information content (AvgIpc) is 2.93. The molecule has 92 valence electrons. The van der Waals surface area contributed by atoms with Gasteiger partial charge < -0.3 is 0 Å². The summed E-state index contributed by atoms with van der Waals surface area (Å²) < 4.78 is 1.69. The van der Waals surface area contributed by atoms with Crippen molar-refractivity contribution < 1.29 is 0 Å². The Morgan fingerprint density at radius 1 is 1.28 bits per heavy atom. The van der Waals surface area contributed by atoms with E-state index in [2.05, 4.69) is 20.7 Å². The molecule has 0 bridgehead atoms. The largest absolute Gasteiger partial charge is 0.298 e. The fraction of sp³-hybridized carbons (Fsp3) is 0.100. The van der Waals surface area contributed by atoms with Crippen LogP contribution >= 0.6 is 22.9 Å². The number of hydrazine groups is 1. The van der Waals surface area contributed by atoms with Crippen molar-refractivity contribution in [2.45, 2.75) is 6.42 Å². The van der Waals surface area contributed by atoms with E-state index in [-0.39, 0.29) is 0 Å². The first-order valence-electron chi connectivity index (χ1n) is 5.18. The van der Waals surface area contributed by atoms with Gasteiger partial charge in [0.2, 0.25) is 10.1 Å². The molecule has 18 heavy (non-hydrogen) atoms. The summed E-state index contributed by atoms with van der Waals surface area (Å²) in [4.78, 5) is 0.715. The zero-order valence-corrected chi connectivity index (χ0v) is 10.7. The minimum atomic E-state index is 0.609. The second-order valence-corrected chi connectivity index (χ2v) is 5.06. The highest BCUT2D eigenvalue weighted by atomic mass is 35.5. The van der Waals surface area contributed by atoms with Crippen LogP contribution in [0, 0.1) is 0 Å². The first-order valence-corrected chi connectivity index (χ1v) is 6.38. The number of benzene rings is 1. The SMILES string of the molecule is NNc1nn2c(Cc3ccc(Cl)cc3)nnc2s1. The van der Waals surface area contributed by atoms with Crippen molar-refractivity contribution in [2.75, 3.05) is 5.43 Å². The van der Waals surface area contributed by atoms with Gasteiger partial charge >= 0.3 is 0 Å². The Labute approximate surface area is 111 Å². The van der Waals surface area contributed by atoms with Crippen LogP contribution in [0.5, 0.6) is 0 Å². The van der Waals surface area contributed by atoms with Crippen LogP contribution < -0.4 is 11.3 Å².